The number of aryl methyl sites for hydroxylation is 1. The van der Waals surface area contributed by atoms with E-state index in [0.717, 1.165) is 5.56 Å². The third-order valence-corrected chi connectivity index (χ3v) is 3.20. The summed E-state index contributed by atoms with van der Waals surface area (Å²) in [6.07, 6.45) is 1.18. The molecule has 0 saturated carbocycles. The molecule has 4 heteroatoms. The van der Waals surface area contributed by atoms with Crippen molar-refractivity contribution >= 4 is 5.91 Å². The minimum atomic E-state index is -0.569. The second-order valence-electron chi connectivity index (χ2n) is 4.68. The molecule has 0 saturated heterocycles. The molecule has 0 aliphatic rings. The number of nitriles is 1. The molecule has 0 aliphatic heterocycles. The Balaban J connectivity index is 2.59. The molecule has 1 rings (SSSR count). The number of halogens is 1. The maximum Gasteiger partial charge on any atom is 0.239 e. The molecule has 0 radical (unpaired) electrons. The summed E-state index contributed by atoms with van der Waals surface area (Å²) in [4.78, 5) is 13.5. The first-order valence-corrected chi connectivity index (χ1v) is 6.39. The summed E-state index contributed by atoms with van der Waals surface area (Å²) in [6.45, 7) is 4.07. The summed E-state index contributed by atoms with van der Waals surface area (Å²) in [5.41, 5.74) is 1.60. The predicted molar refractivity (Wildman–Crippen MR) is 71.9 cm³/mol. The van der Waals surface area contributed by atoms with Gasteiger partial charge in [-0.2, -0.15) is 5.26 Å². The van der Waals surface area contributed by atoms with Crippen LogP contribution < -0.4 is 0 Å². The monoisotopic (exact) mass is 262 g/mol. The molecule has 0 fully saturated rings. The maximum atomic E-state index is 13.1. The zero-order valence-corrected chi connectivity index (χ0v) is 11.6. The molecule has 0 aromatic heterocycles. The van der Waals surface area contributed by atoms with Crippen molar-refractivity contribution in [1.82, 2.24) is 4.90 Å². The first-order chi connectivity index (χ1) is 8.99. The molecule has 102 valence electrons. The number of benzene rings is 1. The maximum absolute atomic E-state index is 13.1. The molecule has 1 amide bonds. The van der Waals surface area contributed by atoms with Gasteiger partial charge >= 0.3 is 0 Å². The standard InChI is InChI=1S/C15H19FN2O/c1-4-13(10-17)15(19)18(3)8-7-12-5-6-14(16)11(2)9-12/h5-6,9,13H,4,7-8H2,1-3H3. The minimum absolute atomic E-state index is 0.149. The van der Waals surface area contributed by atoms with E-state index in [1.807, 2.05) is 13.0 Å². The van der Waals surface area contributed by atoms with E-state index < -0.39 is 5.92 Å². The second kappa shape index (κ2) is 6.89. The number of hydrogen-bond donors (Lipinski definition) is 0. The van der Waals surface area contributed by atoms with E-state index in [9.17, 15) is 9.18 Å². The van der Waals surface area contributed by atoms with Crippen molar-refractivity contribution < 1.29 is 9.18 Å². The summed E-state index contributed by atoms with van der Waals surface area (Å²) in [6, 6.07) is 6.96. The van der Waals surface area contributed by atoms with Crippen molar-refractivity contribution in [3.8, 4) is 6.07 Å². The van der Waals surface area contributed by atoms with Gasteiger partial charge in [0, 0.05) is 13.6 Å². The Morgan fingerprint density at radius 1 is 1.53 bits per heavy atom. The Morgan fingerprint density at radius 3 is 2.74 bits per heavy atom. The van der Waals surface area contributed by atoms with Crippen molar-refractivity contribution in [2.45, 2.75) is 26.7 Å². The van der Waals surface area contributed by atoms with E-state index in [1.54, 1.807) is 31.0 Å². The van der Waals surface area contributed by atoms with Gasteiger partial charge in [0.15, 0.2) is 0 Å². The van der Waals surface area contributed by atoms with Crippen molar-refractivity contribution in [2.24, 2.45) is 5.92 Å². The van der Waals surface area contributed by atoms with Gasteiger partial charge < -0.3 is 4.90 Å². The van der Waals surface area contributed by atoms with Crippen LogP contribution in [0.15, 0.2) is 18.2 Å². The predicted octanol–water partition coefficient (Wildman–Crippen LogP) is 2.68. The van der Waals surface area contributed by atoms with Crippen LogP contribution in [-0.2, 0) is 11.2 Å². The fourth-order valence-electron chi connectivity index (χ4n) is 1.86. The molecule has 0 N–H and O–H groups in total. The summed E-state index contributed by atoms with van der Waals surface area (Å²) in [5.74, 6) is -0.938. The first kappa shape index (κ1) is 15.2. The molecule has 1 atom stereocenters. The Morgan fingerprint density at radius 2 is 2.21 bits per heavy atom. The van der Waals surface area contributed by atoms with Crippen LogP contribution in [0.5, 0.6) is 0 Å². The highest BCUT2D eigenvalue weighted by Crippen LogP contribution is 2.11. The number of rotatable bonds is 5. The van der Waals surface area contributed by atoms with Crippen LogP contribution in [0.25, 0.3) is 0 Å². The minimum Gasteiger partial charge on any atom is -0.344 e. The van der Waals surface area contributed by atoms with Crippen molar-refractivity contribution in [2.75, 3.05) is 13.6 Å². The van der Waals surface area contributed by atoms with Crippen molar-refractivity contribution in [1.29, 1.82) is 5.26 Å². The summed E-state index contributed by atoms with van der Waals surface area (Å²) < 4.78 is 13.1. The Bertz CT molecular complexity index is 493. The Labute approximate surface area is 113 Å². The number of carbonyl (C=O) groups excluding carboxylic acids is 1. The number of carbonyl (C=O) groups is 1. The van der Waals surface area contributed by atoms with E-state index in [-0.39, 0.29) is 11.7 Å². The summed E-state index contributed by atoms with van der Waals surface area (Å²) >= 11 is 0. The second-order valence-corrected chi connectivity index (χ2v) is 4.68. The third-order valence-electron chi connectivity index (χ3n) is 3.20. The van der Waals surface area contributed by atoms with E-state index in [1.165, 1.54) is 6.07 Å². The van der Waals surface area contributed by atoms with Gasteiger partial charge in [-0.25, -0.2) is 4.39 Å². The number of nitrogens with zero attached hydrogens (tertiary/aromatic N) is 2. The average Bonchev–Trinajstić information content (AvgIpc) is 2.41. The van der Waals surface area contributed by atoms with Crippen LogP contribution in [0.1, 0.15) is 24.5 Å². The van der Waals surface area contributed by atoms with Gasteiger partial charge in [0.1, 0.15) is 11.7 Å². The number of hydrogen-bond acceptors (Lipinski definition) is 2. The van der Waals surface area contributed by atoms with Gasteiger partial charge in [-0.15, -0.1) is 0 Å². The number of likely N-dealkylation sites (N-methyl/N-ethyl adjacent to an activating group) is 1. The topological polar surface area (TPSA) is 44.1 Å². The van der Waals surface area contributed by atoms with Crippen LogP contribution in [0.2, 0.25) is 0 Å². The number of amides is 1. The molecule has 1 aromatic rings. The molecule has 0 aliphatic carbocycles. The average molecular weight is 262 g/mol. The van der Waals surface area contributed by atoms with Gasteiger partial charge in [0.05, 0.1) is 6.07 Å². The van der Waals surface area contributed by atoms with Crippen LogP contribution in [0, 0.1) is 30.0 Å². The zero-order chi connectivity index (χ0) is 14.4. The van der Waals surface area contributed by atoms with E-state index >= 15 is 0 Å². The van der Waals surface area contributed by atoms with Crippen LogP contribution in [0.4, 0.5) is 4.39 Å². The quantitative estimate of drug-likeness (QED) is 0.819. The molecule has 3 nitrogen and oxygen atoms in total. The highest BCUT2D eigenvalue weighted by atomic mass is 19.1. The summed E-state index contributed by atoms with van der Waals surface area (Å²) in [7, 11) is 1.69. The molecule has 0 spiro atoms. The van der Waals surface area contributed by atoms with Gasteiger partial charge in [-0.05, 0) is 37.0 Å². The molecular weight excluding hydrogens is 243 g/mol. The van der Waals surface area contributed by atoms with Crippen LogP contribution >= 0.6 is 0 Å². The van der Waals surface area contributed by atoms with E-state index in [0.29, 0.717) is 24.9 Å². The molecular formula is C15H19FN2O. The van der Waals surface area contributed by atoms with Crippen molar-refractivity contribution in [3.05, 3.63) is 35.1 Å². The lowest BCUT2D eigenvalue weighted by molar-refractivity contribution is -0.132. The summed E-state index contributed by atoms with van der Waals surface area (Å²) in [5, 5.41) is 8.86. The molecule has 1 unspecified atom stereocenters. The van der Waals surface area contributed by atoms with Gasteiger partial charge in [0.2, 0.25) is 5.91 Å². The van der Waals surface area contributed by atoms with Crippen LogP contribution in [0.3, 0.4) is 0 Å². The van der Waals surface area contributed by atoms with E-state index in [2.05, 4.69) is 0 Å². The highest BCUT2D eigenvalue weighted by molar-refractivity contribution is 5.80. The van der Waals surface area contributed by atoms with Gasteiger partial charge in [-0.1, -0.05) is 19.1 Å². The SMILES string of the molecule is CCC(C#N)C(=O)N(C)CCc1ccc(F)c(C)c1. The zero-order valence-electron chi connectivity index (χ0n) is 11.6. The van der Waals surface area contributed by atoms with Gasteiger partial charge in [0.25, 0.3) is 0 Å². The lowest BCUT2D eigenvalue weighted by Crippen LogP contribution is -2.33. The highest BCUT2D eigenvalue weighted by Gasteiger charge is 2.19. The fraction of sp³-hybridized carbons (Fsp3) is 0.467. The Hall–Kier alpha value is -1.89. The lowest BCUT2D eigenvalue weighted by atomic mass is 10.1. The smallest absolute Gasteiger partial charge is 0.239 e. The molecule has 0 heterocycles. The molecule has 19 heavy (non-hydrogen) atoms. The normalized spacial score (nSPS) is 11.7. The van der Waals surface area contributed by atoms with E-state index in [4.69, 9.17) is 5.26 Å². The lowest BCUT2D eigenvalue weighted by Gasteiger charge is -2.19. The Kier molecular flexibility index (Phi) is 5.50. The largest absolute Gasteiger partial charge is 0.344 e. The van der Waals surface area contributed by atoms with Crippen LogP contribution in [-0.4, -0.2) is 24.4 Å². The molecule has 1 aromatic carbocycles. The third kappa shape index (κ3) is 4.06. The first-order valence-electron chi connectivity index (χ1n) is 6.39. The van der Waals surface area contributed by atoms with Gasteiger partial charge in [-0.3, -0.25) is 4.79 Å². The van der Waals surface area contributed by atoms with Crippen molar-refractivity contribution in [3.63, 3.8) is 0 Å². The molecule has 0 bridgehead atoms. The fourth-order valence-corrected chi connectivity index (χ4v) is 1.86.